The van der Waals surface area contributed by atoms with Gasteiger partial charge in [-0.25, -0.2) is 4.79 Å². The van der Waals surface area contributed by atoms with Crippen molar-refractivity contribution in [1.82, 2.24) is 0 Å². The fourth-order valence-corrected chi connectivity index (χ4v) is 3.16. The molecule has 0 radical (unpaired) electrons. The van der Waals surface area contributed by atoms with Crippen LogP contribution in [0.1, 0.15) is 31.2 Å². The topological polar surface area (TPSA) is 66.4 Å². The van der Waals surface area contributed by atoms with Crippen molar-refractivity contribution in [2.24, 2.45) is 0 Å². The fourth-order valence-electron chi connectivity index (χ4n) is 1.75. The molecule has 4 nitrogen and oxygen atoms in total. The molecule has 0 saturated heterocycles. The highest BCUT2D eigenvalue weighted by atomic mass is 127. The molecule has 20 heavy (non-hydrogen) atoms. The van der Waals surface area contributed by atoms with Crippen LogP contribution in [0.3, 0.4) is 0 Å². The van der Waals surface area contributed by atoms with Crippen LogP contribution < -0.4 is 5.32 Å². The number of rotatable bonds is 3. The monoisotopic (exact) mass is 401 g/mol. The molecule has 2 N–H and O–H groups in total. The summed E-state index contributed by atoms with van der Waals surface area (Å²) in [4.78, 5) is 24.3. The lowest BCUT2D eigenvalue weighted by Crippen LogP contribution is -2.13. The van der Waals surface area contributed by atoms with Crippen molar-refractivity contribution < 1.29 is 14.7 Å². The second-order valence-electron chi connectivity index (χ2n) is 4.25. The number of benzene rings is 1. The van der Waals surface area contributed by atoms with Gasteiger partial charge in [0.15, 0.2) is 0 Å². The van der Waals surface area contributed by atoms with Gasteiger partial charge in [0.1, 0.15) is 5.00 Å². The van der Waals surface area contributed by atoms with E-state index in [0.717, 1.165) is 8.45 Å². The predicted molar refractivity (Wildman–Crippen MR) is 87.9 cm³/mol. The van der Waals surface area contributed by atoms with Crippen molar-refractivity contribution in [3.05, 3.63) is 49.4 Å². The first-order valence-electron chi connectivity index (χ1n) is 5.80. The summed E-state index contributed by atoms with van der Waals surface area (Å²) >= 11 is 3.44. The molecule has 0 saturated carbocycles. The predicted octanol–water partition coefficient (Wildman–Crippen LogP) is 3.92. The van der Waals surface area contributed by atoms with E-state index in [4.69, 9.17) is 0 Å². The Balaban J connectivity index is 2.30. The molecule has 0 bridgehead atoms. The number of carbonyl (C=O) groups is 2. The van der Waals surface area contributed by atoms with E-state index >= 15 is 0 Å². The van der Waals surface area contributed by atoms with Gasteiger partial charge >= 0.3 is 5.97 Å². The van der Waals surface area contributed by atoms with Gasteiger partial charge in [-0.15, -0.1) is 11.3 Å². The first-order valence-corrected chi connectivity index (χ1v) is 7.70. The number of aryl methyl sites for hydroxylation is 1. The maximum Gasteiger partial charge on any atom is 0.338 e. The van der Waals surface area contributed by atoms with Crippen LogP contribution in [-0.2, 0) is 0 Å². The van der Waals surface area contributed by atoms with E-state index in [1.54, 1.807) is 19.1 Å². The fraction of sp³-hybridized carbons (Fsp3) is 0.143. The van der Waals surface area contributed by atoms with Gasteiger partial charge in [0, 0.05) is 14.0 Å². The molecule has 1 aromatic heterocycles. The average molecular weight is 401 g/mol. The van der Waals surface area contributed by atoms with E-state index in [2.05, 4.69) is 27.9 Å². The van der Waals surface area contributed by atoms with Crippen LogP contribution in [0.4, 0.5) is 5.00 Å². The highest BCUT2D eigenvalue weighted by Crippen LogP contribution is 2.32. The van der Waals surface area contributed by atoms with Gasteiger partial charge in [-0.1, -0.05) is 0 Å². The Kier molecular flexibility index (Phi) is 4.44. The van der Waals surface area contributed by atoms with E-state index in [1.807, 2.05) is 19.1 Å². The Morgan fingerprint density at radius 1 is 1.20 bits per heavy atom. The molecule has 0 aliphatic carbocycles. The van der Waals surface area contributed by atoms with Crippen molar-refractivity contribution in [3.63, 3.8) is 0 Å². The Morgan fingerprint density at radius 3 is 2.35 bits per heavy atom. The molecule has 0 aliphatic heterocycles. The third-order valence-electron chi connectivity index (χ3n) is 2.93. The number of nitrogens with one attached hydrogen (secondary N) is 1. The summed E-state index contributed by atoms with van der Waals surface area (Å²) in [6.07, 6.45) is 0. The van der Waals surface area contributed by atoms with E-state index in [1.165, 1.54) is 11.3 Å². The van der Waals surface area contributed by atoms with Gasteiger partial charge in [0.25, 0.3) is 5.91 Å². The number of amides is 1. The minimum absolute atomic E-state index is 0.173. The lowest BCUT2D eigenvalue weighted by atomic mass is 10.1. The molecule has 2 aromatic rings. The molecule has 0 fully saturated rings. The molecule has 0 unspecified atom stereocenters. The van der Waals surface area contributed by atoms with Gasteiger partial charge < -0.3 is 10.4 Å². The van der Waals surface area contributed by atoms with Gasteiger partial charge in [-0.05, 0) is 66.3 Å². The van der Waals surface area contributed by atoms with Crippen LogP contribution >= 0.6 is 33.9 Å². The molecular formula is C14H12INO3S. The quantitative estimate of drug-likeness (QED) is 0.767. The van der Waals surface area contributed by atoms with Crippen molar-refractivity contribution in [2.45, 2.75) is 13.8 Å². The lowest BCUT2D eigenvalue weighted by molar-refractivity contribution is 0.0697. The molecule has 1 heterocycles. The van der Waals surface area contributed by atoms with Crippen LogP contribution in [0.2, 0.25) is 0 Å². The normalized spacial score (nSPS) is 10.3. The summed E-state index contributed by atoms with van der Waals surface area (Å²) in [5.74, 6) is -1.32. The average Bonchev–Trinajstić information content (AvgIpc) is 2.65. The van der Waals surface area contributed by atoms with E-state index in [-0.39, 0.29) is 11.5 Å². The highest BCUT2D eigenvalue weighted by Gasteiger charge is 2.20. The third kappa shape index (κ3) is 3.01. The second kappa shape index (κ2) is 5.92. The van der Waals surface area contributed by atoms with Gasteiger partial charge in [0.2, 0.25) is 0 Å². The highest BCUT2D eigenvalue weighted by molar-refractivity contribution is 14.1. The zero-order valence-corrected chi connectivity index (χ0v) is 13.8. The Morgan fingerprint density at radius 2 is 1.80 bits per heavy atom. The summed E-state index contributed by atoms with van der Waals surface area (Å²) in [5, 5.41) is 12.3. The van der Waals surface area contributed by atoms with Crippen LogP contribution in [0.25, 0.3) is 0 Å². The molecule has 0 spiro atoms. The van der Waals surface area contributed by atoms with E-state index in [9.17, 15) is 14.7 Å². The first-order chi connectivity index (χ1) is 9.40. The molecule has 1 amide bonds. The Hall–Kier alpha value is -1.41. The number of carboxylic acids is 1. The van der Waals surface area contributed by atoms with Gasteiger partial charge in [-0.3, -0.25) is 4.79 Å². The summed E-state index contributed by atoms with van der Waals surface area (Å²) in [7, 11) is 0. The van der Waals surface area contributed by atoms with Gasteiger partial charge in [0.05, 0.1) is 5.56 Å². The van der Waals surface area contributed by atoms with E-state index in [0.29, 0.717) is 16.1 Å². The number of thiophene rings is 1. The third-order valence-corrected chi connectivity index (χ3v) is 4.77. The van der Waals surface area contributed by atoms with E-state index < -0.39 is 5.97 Å². The minimum atomic E-state index is -1.02. The largest absolute Gasteiger partial charge is 0.478 e. The minimum Gasteiger partial charge on any atom is -0.478 e. The molecule has 104 valence electrons. The van der Waals surface area contributed by atoms with Crippen molar-refractivity contribution >= 4 is 50.8 Å². The van der Waals surface area contributed by atoms with Crippen molar-refractivity contribution in [3.8, 4) is 0 Å². The van der Waals surface area contributed by atoms with Crippen molar-refractivity contribution in [2.75, 3.05) is 5.32 Å². The maximum absolute atomic E-state index is 12.1. The molecule has 6 heteroatoms. The Labute approximate surface area is 134 Å². The number of carboxylic acid groups (broad SMARTS) is 1. The zero-order chi connectivity index (χ0) is 14.9. The lowest BCUT2D eigenvalue weighted by Gasteiger charge is -2.04. The molecule has 0 aliphatic rings. The van der Waals surface area contributed by atoms with Crippen molar-refractivity contribution in [1.29, 1.82) is 0 Å². The number of anilines is 1. The summed E-state index contributed by atoms with van der Waals surface area (Å²) < 4.78 is 1.04. The summed E-state index contributed by atoms with van der Waals surface area (Å²) in [6.45, 7) is 3.59. The second-order valence-corrected chi connectivity index (χ2v) is 6.72. The number of hydrogen-bond acceptors (Lipinski definition) is 3. The van der Waals surface area contributed by atoms with Crippen LogP contribution in [-0.4, -0.2) is 17.0 Å². The SMILES string of the molecule is Cc1sc(NC(=O)c2ccc(I)cc2)c(C(=O)O)c1C. The maximum atomic E-state index is 12.1. The van der Waals surface area contributed by atoms with Crippen LogP contribution in [0.15, 0.2) is 24.3 Å². The molecule has 2 rings (SSSR count). The summed E-state index contributed by atoms with van der Waals surface area (Å²) in [5.41, 5.74) is 1.37. The number of halogens is 1. The van der Waals surface area contributed by atoms with Gasteiger partial charge in [-0.2, -0.15) is 0 Å². The molecule has 1 aromatic carbocycles. The van der Waals surface area contributed by atoms with Crippen LogP contribution in [0, 0.1) is 17.4 Å². The standard InChI is InChI=1S/C14H12INO3S/c1-7-8(2)20-13(11(7)14(18)19)16-12(17)9-3-5-10(15)6-4-9/h3-6H,1-2H3,(H,16,17)(H,18,19). The van der Waals surface area contributed by atoms with Crippen LogP contribution in [0.5, 0.6) is 0 Å². The number of carbonyl (C=O) groups excluding carboxylic acids is 1. The summed E-state index contributed by atoms with van der Waals surface area (Å²) in [6, 6.07) is 7.09. The number of hydrogen-bond donors (Lipinski definition) is 2. The first kappa shape index (κ1) is 15.0. The zero-order valence-electron chi connectivity index (χ0n) is 10.9. The molecular weight excluding hydrogens is 389 g/mol. The molecule has 0 atom stereocenters. The number of aromatic carboxylic acids is 1. The Bertz CT molecular complexity index is 676. The smallest absolute Gasteiger partial charge is 0.338 e.